The Labute approximate surface area is 190 Å². The average Bonchev–Trinajstić information content (AvgIpc) is 2.84. The van der Waals surface area contributed by atoms with Gasteiger partial charge in [0.1, 0.15) is 5.82 Å². The van der Waals surface area contributed by atoms with E-state index in [1.165, 1.54) is 0 Å². The molecule has 1 aliphatic heterocycles. The number of para-hydroxylation sites is 1. The summed E-state index contributed by atoms with van der Waals surface area (Å²) in [6, 6.07) is 12.1. The molecule has 0 radical (unpaired) electrons. The van der Waals surface area contributed by atoms with Crippen LogP contribution in [0.15, 0.2) is 48.8 Å². The van der Waals surface area contributed by atoms with E-state index in [-0.39, 0.29) is 0 Å². The Hall–Kier alpha value is -3.19. The molecule has 1 atom stereocenters. The number of ether oxygens (including phenoxy) is 2. The smallest absolute Gasteiger partial charge is 0.165 e. The van der Waals surface area contributed by atoms with Gasteiger partial charge in [-0.15, -0.1) is 0 Å². The van der Waals surface area contributed by atoms with Gasteiger partial charge in [0.05, 0.1) is 19.9 Å². The van der Waals surface area contributed by atoms with Gasteiger partial charge >= 0.3 is 0 Å². The SMILES string of the molecule is COc1cccc(CN2CCC[C@H](c3cc(N(C)C)nc(-c4ccncc4)n3)C2)c1OC. The number of piperidine rings is 1. The second-order valence-corrected chi connectivity index (χ2v) is 8.33. The molecule has 0 aliphatic carbocycles. The number of pyridine rings is 1. The van der Waals surface area contributed by atoms with Crippen LogP contribution in [-0.4, -0.2) is 61.3 Å². The highest BCUT2D eigenvalue weighted by molar-refractivity contribution is 5.57. The minimum atomic E-state index is 0.350. The zero-order valence-electron chi connectivity index (χ0n) is 19.3. The first-order valence-corrected chi connectivity index (χ1v) is 11.0. The summed E-state index contributed by atoms with van der Waals surface area (Å²) in [4.78, 5) is 18.4. The minimum absolute atomic E-state index is 0.350. The fourth-order valence-electron chi connectivity index (χ4n) is 4.28. The molecule has 168 valence electrons. The van der Waals surface area contributed by atoms with E-state index in [4.69, 9.17) is 19.4 Å². The van der Waals surface area contributed by atoms with Crippen LogP contribution in [0.1, 0.15) is 30.0 Å². The number of hydrogen-bond acceptors (Lipinski definition) is 7. The van der Waals surface area contributed by atoms with Crippen molar-refractivity contribution in [3.63, 3.8) is 0 Å². The fraction of sp³-hybridized carbons (Fsp3) is 0.400. The van der Waals surface area contributed by atoms with Crippen LogP contribution in [0.25, 0.3) is 11.4 Å². The second kappa shape index (κ2) is 9.96. The van der Waals surface area contributed by atoms with Crippen molar-refractivity contribution < 1.29 is 9.47 Å². The summed E-state index contributed by atoms with van der Waals surface area (Å²) in [7, 11) is 7.41. The maximum atomic E-state index is 5.64. The summed E-state index contributed by atoms with van der Waals surface area (Å²) < 4.78 is 11.1. The van der Waals surface area contributed by atoms with Crippen molar-refractivity contribution in [1.29, 1.82) is 0 Å². The molecule has 0 saturated carbocycles. The van der Waals surface area contributed by atoms with E-state index in [1.54, 1.807) is 26.6 Å². The van der Waals surface area contributed by atoms with Crippen LogP contribution in [-0.2, 0) is 6.54 Å². The highest BCUT2D eigenvalue weighted by Gasteiger charge is 2.25. The third-order valence-electron chi connectivity index (χ3n) is 5.93. The van der Waals surface area contributed by atoms with Crippen LogP contribution in [0.4, 0.5) is 5.82 Å². The van der Waals surface area contributed by atoms with E-state index in [0.29, 0.717) is 5.92 Å². The molecular weight excluding hydrogens is 402 g/mol. The summed E-state index contributed by atoms with van der Waals surface area (Å²) in [5.41, 5.74) is 3.22. The number of likely N-dealkylation sites (tertiary alicyclic amines) is 1. The molecular formula is C25H31N5O2. The van der Waals surface area contributed by atoms with E-state index in [1.807, 2.05) is 43.3 Å². The Bertz CT molecular complexity index is 1040. The monoisotopic (exact) mass is 433 g/mol. The van der Waals surface area contributed by atoms with Gasteiger partial charge in [-0.3, -0.25) is 9.88 Å². The number of benzene rings is 1. The molecule has 0 N–H and O–H groups in total. The van der Waals surface area contributed by atoms with Gasteiger partial charge in [0.2, 0.25) is 0 Å². The van der Waals surface area contributed by atoms with Gasteiger partial charge in [0.25, 0.3) is 0 Å². The number of hydrogen-bond donors (Lipinski definition) is 0. The van der Waals surface area contributed by atoms with Crippen molar-refractivity contribution in [3.05, 3.63) is 60.0 Å². The van der Waals surface area contributed by atoms with Gasteiger partial charge in [-0.25, -0.2) is 9.97 Å². The molecule has 1 aromatic carbocycles. The van der Waals surface area contributed by atoms with Gasteiger partial charge in [-0.05, 0) is 37.6 Å². The number of methoxy groups -OCH3 is 2. The molecule has 7 heteroatoms. The number of anilines is 1. The zero-order chi connectivity index (χ0) is 22.5. The van der Waals surface area contributed by atoms with Crippen LogP contribution in [0.3, 0.4) is 0 Å². The molecule has 4 rings (SSSR count). The molecule has 0 spiro atoms. The van der Waals surface area contributed by atoms with E-state index in [2.05, 4.69) is 22.0 Å². The summed E-state index contributed by atoms with van der Waals surface area (Å²) in [6.45, 7) is 2.82. The van der Waals surface area contributed by atoms with Crippen LogP contribution in [0.2, 0.25) is 0 Å². The standard InChI is InChI=1S/C25H31N5O2/c1-29(2)23-15-21(27-25(28-23)18-10-12-26-13-11-18)19-8-6-14-30(16-19)17-20-7-5-9-22(31-3)24(20)32-4/h5,7,9-13,15,19H,6,8,14,16-17H2,1-4H3/t19-/m0/s1. The normalized spacial score (nSPS) is 16.6. The summed E-state index contributed by atoms with van der Waals surface area (Å²) in [5.74, 6) is 3.61. The molecule has 32 heavy (non-hydrogen) atoms. The van der Waals surface area contributed by atoms with Gasteiger partial charge in [0, 0.05) is 62.7 Å². The second-order valence-electron chi connectivity index (χ2n) is 8.33. The van der Waals surface area contributed by atoms with Gasteiger partial charge in [-0.2, -0.15) is 0 Å². The third-order valence-corrected chi connectivity index (χ3v) is 5.93. The lowest BCUT2D eigenvalue weighted by Crippen LogP contribution is -2.34. The lowest BCUT2D eigenvalue weighted by atomic mass is 9.93. The van der Waals surface area contributed by atoms with Gasteiger partial charge in [-0.1, -0.05) is 12.1 Å². The molecule has 1 fully saturated rings. The molecule has 0 unspecified atom stereocenters. The fourth-order valence-corrected chi connectivity index (χ4v) is 4.28. The molecule has 2 aromatic heterocycles. The van der Waals surface area contributed by atoms with E-state index in [9.17, 15) is 0 Å². The topological polar surface area (TPSA) is 63.6 Å². The van der Waals surface area contributed by atoms with Crippen molar-refractivity contribution >= 4 is 5.82 Å². The molecule has 0 amide bonds. The molecule has 3 heterocycles. The molecule has 1 aliphatic rings. The van der Waals surface area contributed by atoms with Gasteiger partial charge in [0.15, 0.2) is 17.3 Å². The first kappa shape index (κ1) is 22.0. The lowest BCUT2D eigenvalue weighted by molar-refractivity contribution is 0.196. The minimum Gasteiger partial charge on any atom is -0.493 e. The van der Waals surface area contributed by atoms with Crippen molar-refractivity contribution in [3.8, 4) is 22.9 Å². The average molecular weight is 434 g/mol. The number of nitrogens with zero attached hydrogens (tertiary/aromatic N) is 5. The zero-order valence-corrected chi connectivity index (χ0v) is 19.3. The van der Waals surface area contributed by atoms with Crippen molar-refractivity contribution in [2.45, 2.75) is 25.3 Å². The summed E-state index contributed by atoms with van der Waals surface area (Å²) in [5, 5.41) is 0. The first-order valence-electron chi connectivity index (χ1n) is 11.0. The maximum Gasteiger partial charge on any atom is 0.165 e. The maximum absolute atomic E-state index is 5.64. The van der Waals surface area contributed by atoms with Gasteiger partial charge < -0.3 is 14.4 Å². The largest absolute Gasteiger partial charge is 0.493 e. The highest BCUT2D eigenvalue weighted by Crippen LogP contribution is 2.34. The Balaban J connectivity index is 1.59. The quantitative estimate of drug-likeness (QED) is 0.558. The van der Waals surface area contributed by atoms with Crippen molar-refractivity contribution in [1.82, 2.24) is 19.9 Å². The van der Waals surface area contributed by atoms with Crippen LogP contribution in [0.5, 0.6) is 11.5 Å². The van der Waals surface area contributed by atoms with Crippen molar-refractivity contribution in [2.75, 3.05) is 46.3 Å². The lowest BCUT2D eigenvalue weighted by Gasteiger charge is -2.33. The third kappa shape index (κ3) is 4.83. The number of rotatable bonds is 7. The Morgan fingerprint density at radius 3 is 2.59 bits per heavy atom. The van der Waals surface area contributed by atoms with Crippen LogP contribution < -0.4 is 14.4 Å². The van der Waals surface area contributed by atoms with E-state index >= 15 is 0 Å². The predicted octanol–water partition coefficient (Wildman–Crippen LogP) is 4.00. The van der Waals surface area contributed by atoms with Crippen molar-refractivity contribution in [2.24, 2.45) is 0 Å². The van der Waals surface area contributed by atoms with Crippen LogP contribution >= 0.6 is 0 Å². The first-order chi connectivity index (χ1) is 15.6. The van der Waals surface area contributed by atoms with E-state index < -0.39 is 0 Å². The molecule has 1 saturated heterocycles. The summed E-state index contributed by atoms with van der Waals surface area (Å²) >= 11 is 0. The Morgan fingerprint density at radius 2 is 1.88 bits per heavy atom. The molecule has 7 nitrogen and oxygen atoms in total. The molecule has 3 aromatic rings. The Morgan fingerprint density at radius 1 is 1.06 bits per heavy atom. The Kier molecular flexibility index (Phi) is 6.85. The molecule has 0 bridgehead atoms. The number of aromatic nitrogens is 3. The summed E-state index contributed by atoms with van der Waals surface area (Å²) in [6.07, 6.45) is 5.81. The highest BCUT2D eigenvalue weighted by atomic mass is 16.5. The van der Waals surface area contributed by atoms with E-state index in [0.717, 1.165) is 72.4 Å². The predicted molar refractivity (Wildman–Crippen MR) is 126 cm³/mol. The van der Waals surface area contributed by atoms with Crippen LogP contribution in [0, 0.1) is 0 Å².